The van der Waals surface area contributed by atoms with Gasteiger partial charge in [-0.2, -0.15) is 0 Å². The fourth-order valence-corrected chi connectivity index (χ4v) is 5.19. The highest BCUT2D eigenvalue weighted by atomic mass is 32.2. The second-order valence-electron chi connectivity index (χ2n) is 8.56. The molecule has 1 aromatic heterocycles. The van der Waals surface area contributed by atoms with Crippen molar-refractivity contribution in [2.75, 3.05) is 38.5 Å². The van der Waals surface area contributed by atoms with Crippen LogP contribution in [0.25, 0.3) is 0 Å². The van der Waals surface area contributed by atoms with Gasteiger partial charge in [0, 0.05) is 18.9 Å². The molecule has 33 heavy (non-hydrogen) atoms. The average Bonchev–Trinajstić information content (AvgIpc) is 3.36. The Kier molecular flexibility index (Phi) is 8.06. The lowest BCUT2D eigenvalue weighted by molar-refractivity contribution is -0.148. The number of methoxy groups -OCH3 is 2. The van der Waals surface area contributed by atoms with Crippen LogP contribution in [0.3, 0.4) is 0 Å². The number of hydrogen-bond acceptors (Lipinski definition) is 9. The van der Waals surface area contributed by atoms with Crippen LogP contribution in [0.2, 0.25) is 0 Å². The molecule has 0 spiro atoms. The fourth-order valence-electron chi connectivity index (χ4n) is 3.17. The fraction of sp³-hybridized carbons (Fsp3) is 0.545. The summed E-state index contributed by atoms with van der Waals surface area (Å²) in [4.78, 5) is 29.0. The number of rotatable bonds is 9. The van der Waals surface area contributed by atoms with Crippen molar-refractivity contribution in [1.82, 2.24) is 15.1 Å². The van der Waals surface area contributed by atoms with Crippen LogP contribution in [-0.2, 0) is 14.9 Å². The molecule has 2 amide bonds. The summed E-state index contributed by atoms with van der Waals surface area (Å²) in [5, 5.41) is 9.64. The molecule has 3 rings (SSSR count). The van der Waals surface area contributed by atoms with Gasteiger partial charge in [-0.15, -0.1) is 22.0 Å². The highest BCUT2D eigenvalue weighted by Crippen LogP contribution is 2.38. The van der Waals surface area contributed by atoms with E-state index in [4.69, 9.17) is 14.2 Å². The molecule has 0 N–H and O–H groups in total. The van der Waals surface area contributed by atoms with Gasteiger partial charge in [-0.05, 0) is 24.3 Å². The van der Waals surface area contributed by atoms with E-state index in [1.165, 1.54) is 21.1 Å². The topological polar surface area (TPSA) is 94.1 Å². The zero-order valence-electron chi connectivity index (χ0n) is 19.8. The van der Waals surface area contributed by atoms with Gasteiger partial charge >= 0.3 is 12.0 Å². The third kappa shape index (κ3) is 5.89. The van der Waals surface area contributed by atoms with E-state index in [-0.39, 0.29) is 30.4 Å². The van der Waals surface area contributed by atoms with E-state index in [1.54, 1.807) is 33.0 Å². The number of likely N-dealkylation sites (N-methyl/N-ethyl adjacent to an activating group) is 1. The second kappa shape index (κ2) is 10.6. The maximum absolute atomic E-state index is 12.7. The number of nitrogens with zero attached hydrogens (tertiary/aromatic N) is 4. The monoisotopic (exact) mass is 494 g/mol. The van der Waals surface area contributed by atoms with Crippen LogP contribution in [0.5, 0.6) is 11.5 Å². The molecule has 1 aromatic carbocycles. The van der Waals surface area contributed by atoms with Gasteiger partial charge in [0.1, 0.15) is 16.5 Å². The van der Waals surface area contributed by atoms with Crippen LogP contribution in [0.4, 0.5) is 9.93 Å². The molecule has 11 heteroatoms. The predicted molar refractivity (Wildman–Crippen MR) is 128 cm³/mol. The summed E-state index contributed by atoms with van der Waals surface area (Å²) in [6, 6.07) is 5.36. The van der Waals surface area contributed by atoms with Crippen LogP contribution in [0, 0.1) is 0 Å². The summed E-state index contributed by atoms with van der Waals surface area (Å²) in [5.74, 6) is 1.79. The molecular weight excluding hydrogens is 464 g/mol. The molecule has 0 radical (unpaired) electrons. The molecule has 1 aliphatic heterocycles. The molecule has 180 valence electrons. The van der Waals surface area contributed by atoms with Crippen molar-refractivity contribution in [3.05, 3.63) is 23.2 Å². The first kappa shape index (κ1) is 25.1. The Morgan fingerprint density at radius 3 is 2.45 bits per heavy atom. The zero-order valence-corrected chi connectivity index (χ0v) is 21.4. The van der Waals surface area contributed by atoms with Crippen LogP contribution in [0.15, 0.2) is 23.1 Å². The number of anilines is 1. The van der Waals surface area contributed by atoms with Crippen molar-refractivity contribution >= 4 is 40.2 Å². The molecule has 1 fully saturated rings. The average molecular weight is 495 g/mol. The van der Waals surface area contributed by atoms with Gasteiger partial charge in [0.05, 0.1) is 25.7 Å². The molecule has 1 saturated heterocycles. The SMILES string of the molecule is COc1cccc(OC)c1SCCCC(=O)OC1CN(C)C(=O)N1c1nnc(C(C)(C)C)s1. The van der Waals surface area contributed by atoms with Gasteiger partial charge in [-0.25, -0.2) is 9.69 Å². The lowest BCUT2D eigenvalue weighted by atomic mass is 9.98. The molecule has 0 saturated carbocycles. The molecular formula is C22H30N4O5S2. The maximum atomic E-state index is 12.7. The lowest BCUT2D eigenvalue weighted by Crippen LogP contribution is -2.37. The minimum Gasteiger partial charge on any atom is -0.495 e. The Morgan fingerprint density at radius 2 is 1.88 bits per heavy atom. The first-order chi connectivity index (χ1) is 15.7. The number of esters is 1. The summed E-state index contributed by atoms with van der Waals surface area (Å²) in [6.45, 7) is 6.38. The highest BCUT2D eigenvalue weighted by molar-refractivity contribution is 7.99. The number of hydrogen-bond donors (Lipinski definition) is 0. The van der Waals surface area contributed by atoms with Crippen molar-refractivity contribution in [2.24, 2.45) is 0 Å². The third-order valence-electron chi connectivity index (χ3n) is 4.93. The number of carbonyl (C=O) groups is 2. The van der Waals surface area contributed by atoms with E-state index in [0.717, 1.165) is 21.4 Å². The van der Waals surface area contributed by atoms with Crippen LogP contribution in [-0.4, -0.2) is 66.9 Å². The smallest absolute Gasteiger partial charge is 0.329 e. The molecule has 1 atom stereocenters. The maximum Gasteiger partial charge on any atom is 0.329 e. The summed E-state index contributed by atoms with van der Waals surface area (Å²) in [5.41, 5.74) is -0.182. The van der Waals surface area contributed by atoms with Crippen molar-refractivity contribution in [2.45, 2.75) is 50.2 Å². The largest absolute Gasteiger partial charge is 0.495 e. The zero-order chi connectivity index (χ0) is 24.2. The van der Waals surface area contributed by atoms with Gasteiger partial charge in [0.2, 0.25) is 11.4 Å². The Morgan fingerprint density at radius 1 is 1.21 bits per heavy atom. The summed E-state index contributed by atoms with van der Waals surface area (Å²) in [6.07, 6.45) is 0.113. The predicted octanol–water partition coefficient (Wildman–Crippen LogP) is 4.17. The van der Waals surface area contributed by atoms with Crippen LogP contribution < -0.4 is 14.4 Å². The molecule has 0 aliphatic carbocycles. The first-order valence-corrected chi connectivity index (χ1v) is 12.4. The summed E-state index contributed by atoms with van der Waals surface area (Å²) >= 11 is 2.90. The number of aromatic nitrogens is 2. The summed E-state index contributed by atoms with van der Waals surface area (Å²) < 4.78 is 16.5. The summed E-state index contributed by atoms with van der Waals surface area (Å²) in [7, 11) is 4.90. The Labute approximate surface area is 202 Å². The van der Waals surface area contributed by atoms with E-state index in [0.29, 0.717) is 17.3 Å². The standard InChI is InChI=1S/C22H30N4O5S2/c1-22(2,3)19-23-24-20(33-19)26-16(13-25(4)21(26)28)31-17(27)11-8-12-32-18-14(29-5)9-7-10-15(18)30-6/h7,9-10,16H,8,11-13H2,1-6H3. The Bertz CT molecular complexity index is 969. The van der Waals surface area contributed by atoms with Crippen molar-refractivity contribution in [3.8, 4) is 11.5 Å². The highest BCUT2D eigenvalue weighted by Gasteiger charge is 2.41. The third-order valence-corrected chi connectivity index (χ3v) is 7.47. The van der Waals surface area contributed by atoms with Crippen molar-refractivity contribution < 1.29 is 23.8 Å². The van der Waals surface area contributed by atoms with E-state index >= 15 is 0 Å². The van der Waals surface area contributed by atoms with Crippen molar-refractivity contribution in [1.29, 1.82) is 0 Å². The first-order valence-electron chi connectivity index (χ1n) is 10.6. The number of carbonyl (C=O) groups excluding carboxylic acids is 2. The quantitative estimate of drug-likeness (QED) is 0.291. The van der Waals surface area contributed by atoms with Crippen LogP contribution in [0.1, 0.15) is 38.6 Å². The minimum absolute atomic E-state index is 0.182. The Hall–Kier alpha value is -2.53. The van der Waals surface area contributed by atoms with E-state index in [9.17, 15) is 9.59 Å². The number of benzene rings is 1. The number of urea groups is 1. The lowest BCUT2D eigenvalue weighted by Gasteiger charge is -2.20. The van der Waals surface area contributed by atoms with Gasteiger partial charge in [-0.3, -0.25) is 4.79 Å². The molecule has 9 nitrogen and oxygen atoms in total. The normalized spacial score (nSPS) is 16.3. The van der Waals surface area contributed by atoms with Crippen molar-refractivity contribution in [3.63, 3.8) is 0 Å². The van der Waals surface area contributed by atoms with Gasteiger partial charge < -0.3 is 19.1 Å². The van der Waals surface area contributed by atoms with Crippen LogP contribution >= 0.6 is 23.1 Å². The van der Waals surface area contributed by atoms with E-state index in [2.05, 4.69) is 10.2 Å². The number of amides is 2. The molecule has 1 unspecified atom stereocenters. The number of ether oxygens (including phenoxy) is 3. The molecule has 1 aliphatic rings. The number of thioether (sulfide) groups is 1. The molecule has 2 heterocycles. The Balaban J connectivity index is 1.57. The van der Waals surface area contributed by atoms with E-state index < -0.39 is 6.23 Å². The van der Waals surface area contributed by atoms with Gasteiger partial charge in [0.25, 0.3) is 0 Å². The van der Waals surface area contributed by atoms with E-state index in [1.807, 2.05) is 39.0 Å². The minimum atomic E-state index is -0.724. The molecule has 0 bridgehead atoms. The second-order valence-corrected chi connectivity index (χ2v) is 10.6. The van der Waals surface area contributed by atoms with Gasteiger partial charge in [-0.1, -0.05) is 38.2 Å². The van der Waals surface area contributed by atoms with Gasteiger partial charge in [0.15, 0.2) is 0 Å². The molecule has 2 aromatic rings.